The van der Waals surface area contributed by atoms with Gasteiger partial charge < -0.3 is 15.2 Å². The summed E-state index contributed by atoms with van der Waals surface area (Å²) < 4.78 is 0. The Morgan fingerprint density at radius 3 is 2.56 bits per heavy atom. The maximum absolute atomic E-state index is 12.7. The Hall–Kier alpha value is -3.22. The van der Waals surface area contributed by atoms with E-state index in [4.69, 9.17) is 0 Å². The highest BCUT2D eigenvalue weighted by Gasteiger charge is 2.32. The number of carbonyl (C=O) groups is 3. The maximum Gasteiger partial charge on any atom is 0.261 e. The van der Waals surface area contributed by atoms with Gasteiger partial charge in [-0.2, -0.15) is 0 Å². The zero-order valence-electron chi connectivity index (χ0n) is 18.6. The van der Waals surface area contributed by atoms with E-state index < -0.39 is 11.5 Å². The number of likely N-dealkylation sites (tertiary alicyclic amines) is 1. The lowest BCUT2D eigenvalue weighted by Gasteiger charge is -2.29. The van der Waals surface area contributed by atoms with E-state index in [2.05, 4.69) is 10.3 Å². The predicted molar refractivity (Wildman–Crippen MR) is 121 cm³/mol. The molecule has 2 amide bonds. The predicted octanol–water partition coefficient (Wildman–Crippen LogP) is 3.09. The number of H-pyrrole nitrogens is 1. The lowest BCUT2D eigenvalue weighted by Crippen LogP contribution is -2.35. The Morgan fingerprint density at radius 1 is 1.06 bits per heavy atom. The summed E-state index contributed by atoms with van der Waals surface area (Å²) in [4.78, 5) is 55.1. The minimum absolute atomic E-state index is 0.00504. The van der Waals surface area contributed by atoms with Crippen LogP contribution in [0.4, 0.5) is 0 Å². The fourth-order valence-electron chi connectivity index (χ4n) is 4.57. The van der Waals surface area contributed by atoms with Gasteiger partial charge in [-0.05, 0) is 54.9 Å². The van der Waals surface area contributed by atoms with Gasteiger partial charge in [-0.3, -0.25) is 19.2 Å². The molecule has 1 aliphatic carbocycles. The van der Waals surface area contributed by atoms with Crippen molar-refractivity contribution in [2.45, 2.75) is 52.5 Å². The average Bonchev–Trinajstić information content (AvgIpc) is 2.76. The van der Waals surface area contributed by atoms with Crippen molar-refractivity contribution in [3.05, 3.63) is 68.6 Å². The zero-order valence-corrected chi connectivity index (χ0v) is 18.6. The van der Waals surface area contributed by atoms with Crippen LogP contribution in [-0.2, 0) is 13.0 Å². The van der Waals surface area contributed by atoms with E-state index in [1.165, 1.54) is 6.07 Å². The van der Waals surface area contributed by atoms with E-state index in [9.17, 15) is 19.2 Å². The van der Waals surface area contributed by atoms with Crippen LogP contribution < -0.4 is 10.9 Å². The van der Waals surface area contributed by atoms with Gasteiger partial charge in [0.25, 0.3) is 17.4 Å². The molecule has 4 rings (SSSR count). The molecular formula is C25H29N3O4. The number of hydrogen-bond donors (Lipinski definition) is 2. The fourth-order valence-corrected chi connectivity index (χ4v) is 4.57. The van der Waals surface area contributed by atoms with Crippen molar-refractivity contribution < 1.29 is 14.4 Å². The Morgan fingerprint density at radius 2 is 1.81 bits per heavy atom. The van der Waals surface area contributed by atoms with Crippen LogP contribution in [0, 0.1) is 5.41 Å². The van der Waals surface area contributed by atoms with Gasteiger partial charge in [-0.1, -0.05) is 26.0 Å². The molecule has 1 aromatic heterocycles. The first-order valence-electron chi connectivity index (χ1n) is 11.2. The van der Waals surface area contributed by atoms with Gasteiger partial charge in [-0.25, -0.2) is 0 Å². The summed E-state index contributed by atoms with van der Waals surface area (Å²) in [5, 5.41) is 2.74. The van der Waals surface area contributed by atoms with E-state index in [0.29, 0.717) is 29.7 Å². The van der Waals surface area contributed by atoms with Gasteiger partial charge in [-0.15, -0.1) is 0 Å². The van der Waals surface area contributed by atoms with Crippen LogP contribution in [0.5, 0.6) is 0 Å². The molecular weight excluding hydrogens is 406 g/mol. The maximum atomic E-state index is 12.7. The van der Waals surface area contributed by atoms with Gasteiger partial charge in [0.2, 0.25) is 0 Å². The number of carbonyl (C=O) groups excluding carboxylic acids is 3. The van der Waals surface area contributed by atoms with Crippen LogP contribution in [-0.4, -0.2) is 40.6 Å². The Labute approximate surface area is 187 Å². The number of rotatable bonds is 4. The van der Waals surface area contributed by atoms with E-state index in [-0.39, 0.29) is 29.2 Å². The van der Waals surface area contributed by atoms with Crippen molar-refractivity contribution in [3.63, 3.8) is 0 Å². The molecule has 32 heavy (non-hydrogen) atoms. The molecule has 0 atom stereocenters. The lowest BCUT2D eigenvalue weighted by molar-refractivity contribution is 0.0723. The third kappa shape index (κ3) is 4.66. The number of ketones is 1. The molecule has 0 saturated carbocycles. The molecule has 2 N–H and O–H groups in total. The zero-order chi connectivity index (χ0) is 22.9. The van der Waals surface area contributed by atoms with Gasteiger partial charge in [0, 0.05) is 42.9 Å². The number of hydrogen-bond acceptors (Lipinski definition) is 4. The number of pyridine rings is 1. The topological polar surface area (TPSA) is 99.3 Å². The highest BCUT2D eigenvalue weighted by atomic mass is 16.2. The largest absolute Gasteiger partial charge is 0.348 e. The first-order chi connectivity index (χ1) is 15.2. The van der Waals surface area contributed by atoms with Crippen LogP contribution in [0.1, 0.15) is 81.9 Å². The summed E-state index contributed by atoms with van der Waals surface area (Å²) in [7, 11) is 0. The highest BCUT2D eigenvalue weighted by Crippen LogP contribution is 2.33. The Bertz CT molecular complexity index is 1130. The molecule has 0 radical (unpaired) electrons. The van der Waals surface area contributed by atoms with E-state index >= 15 is 0 Å². The molecule has 1 aliphatic heterocycles. The average molecular weight is 436 g/mol. The standard InChI is InChI=1S/C25H29N3O4/c1-25(2)13-20-18(21(29)14-25)12-19(23(31)27-20)22(30)26-15-16-7-6-8-17(11-16)24(32)28-9-4-3-5-10-28/h6-8,11-12H,3-5,9-10,13-15H2,1-2H3,(H,26,30)(H,27,31). The van der Waals surface area contributed by atoms with Crippen LogP contribution in [0.2, 0.25) is 0 Å². The van der Waals surface area contributed by atoms with Crippen molar-refractivity contribution >= 4 is 17.6 Å². The molecule has 1 saturated heterocycles. The van der Waals surface area contributed by atoms with Gasteiger partial charge >= 0.3 is 0 Å². The van der Waals surface area contributed by atoms with E-state index in [1.54, 1.807) is 18.2 Å². The van der Waals surface area contributed by atoms with Gasteiger partial charge in [0.05, 0.1) is 0 Å². The number of nitrogens with one attached hydrogen (secondary N) is 2. The van der Waals surface area contributed by atoms with Crippen LogP contribution in [0.25, 0.3) is 0 Å². The molecule has 2 aromatic rings. The third-order valence-electron chi connectivity index (χ3n) is 6.23. The summed E-state index contributed by atoms with van der Waals surface area (Å²) in [6.45, 7) is 5.69. The van der Waals surface area contributed by atoms with Gasteiger partial charge in [0.15, 0.2) is 5.78 Å². The number of aromatic nitrogens is 1. The molecule has 0 unspecified atom stereocenters. The number of piperidine rings is 1. The second-order valence-corrected chi connectivity index (χ2v) is 9.58. The minimum atomic E-state index is -0.542. The van der Waals surface area contributed by atoms with Crippen LogP contribution in [0.3, 0.4) is 0 Å². The summed E-state index contributed by atoms with van der Waals surface area (Å²) in [6, 6.07) is 8.60. The van der Waals surface area contributed by atoms with Crippen molar-refractivity contribution in [3.8, 4) is 0 Å². The van der Waals surface area contributed by atoms with Crippen LogP contribution in [0.15, 0.2) is 35.1 Å². The second-order valence-electron chi connectivity index (χ2n) is 9.58. The number of fused-ring (bicyclic) bond motifs is 1. The summed E-state index contributed by atoms with van der Waals surface area (Å²) in [5.41, 5.74) is 1.60. The second kappa shape index (κ2) is 8.73. The molecule has 7 heteroatoms. The SMILES string of the molecule is CC1(C)CC(=O)c2cc(C(=O)NCc3cccc(C(=O)N4CCCCC4)c3)c(=O)[nH]c2C1. The number of Topliss-reactive ketones (excluding diaryl/α,β-unsaturated/α-hetero) is 1. The molecule has 7 nitrogen and oxygen atoms in total. The minimum Gasteiger partial charge on any atom is -0.348 e. The molecule has 2 heterocycles. The molecule has 0 bridgehead atoms. The number of amides is 2. The lowest BCUT2D eigenvalue weighted by atomic mass is 9.75. The van der Waals surface area contributed by atoms with Crippen molar-refractivity contribution in [2.24, 2.45) is 5.41 Å². The number of benzene rings is 1. The third-order valence-corrected chi connectivity index (χ3v) is 6.23. The summed E-state index contributed by atoms with van der Waals surface area (Å²) >= 11 is 0. The fraction of sp³-hybridized carbons (Fsp3) is 0.440. The summed E-state index contributed by atoms with van der Waals surface area (Å²) in [6.07, 6.45) is 4.17. The molecule has 168 valence electrons. The Balaban J connectivity index is 1.47. The van der Waals surface area contributed by atoms with E-state index in [0.717, 1.165) is 37.9 Å². The molecule has 2 aliphatic rings. The number of nitrogens with zero attached hydrogens (tertiary/aromatic N) is 1. The monoisotopic (exact) mass is 435 g/mol. The van der Waals surface area contributed by atoms with Crippen LogP contribution >= 0.6 is 0 Å². The molecule has 0 spiro atoms. The smallest absolute Gasteiger partial charge is 0.261 e. The normalized spacial score (nSPS) is 17.6. The molecule has 1 fully saturated rings. The van der Waals surface area contributed by atoms with Gasteiger partial charge in [0.1, 0.15) is 5.56 Å². The first-order valence-corrected chi connectivity index (χ1v) is 11.2. The van der Waals surface area contributed by atoms with Crippen molar-refractivity contribution in [1.82, 2.24) is 15.2 Å². The number of aromatic amines is 1. The van der Waals surface area contributed by atoms with Crippen molar-refractivity contribution in [1.29, 1.82) is 0 Å². The summed E-state index contributed by atoms with van der Waals surface area (Å²) in [5.74, 6) is -0.602. The van der Waals surface area contributed by atoms with Crippen molar-refractivity contribution in [2.75, 3.05) is 13.1 Å². The van der Waals surface area contributed by atoms with E-state index in [1.807, 2.05) is 24.8 Å². The Kier molecular flexibility index (Phi) is 6.00. The first kappa shape index (κ1) is 22.0. The quantitative estimate of drug-likeness (QED) is 0.771. The molecule has 1 aromatic carbocycles. The highest BCUT2D eigenvalue weighted by molar-refractivity contribution is 6.02.